The van der Waals surface area contributed by atoms with Gasteiger partial charge in [-0.25, -0.2) is 18.1 Å². The van der Waals surface area contributed by atoms with E-state index in [0.717, 1.165) is 18.9 Å². The molecule has 0 aromatic carbocycles. The molecule has 2 rings (SSSR count). The topological polar surface area (TPSA) is 101 Å². The van der Waals surface area contributed by atoms with E-state index in [1.807, 2.05) is 26.0 Å². The fraction of sp³-hybridized carbons (Fsp3) is 0.684. The van der Waals surface area contributed by atoms with Gasteiger partial charge < -0.3 is 15.0 Å². The van der Waals surface area contributed by atoms with Crippen molar-refractivity contribution in [3.05, 3.63) is 18.3 Å². The summed E-state index contributed by atoms with van der Waals surface area (Å²) in [6.07, 6.45) is 3.55. The van der Waals surface area contributed by atoms with Crippen LogP contribution in [0.5, 0.6) is 0 Å². The van der Waals surface area contributed by atoms with Crippen molar-refractivity contribution in [2.75, 3.05) is 29.9 Å². The van der Waals surface area contributed by atoms with Crippen molar-refractivity contribution >= 4 is 27.4 Å². The maximum atomic E-state index is 12.0. The molecule has 1 aromatic rings. The van der Waals surface area contributed by atoms with E-state index >= 15 is 0 Å². The van der Waals surface area contributed by atoms with Crippen molar-refractivity contribution in [1.29, 1.82) is 0 Å². The van der Waals surface area contributed by atoms with Gasteiger partial charge in [0.05, 0.1) is 29.3 Å². The predicted octanol–water partition coefficient (Wildman–Crippen LogP) is 2.13. The van der Waals surface area contributed by atoms with Crippen LogP contribution in [0.4, 0.5) is 11.5 Å². The Morgan fingerprint density at radius 2 is 1.93 bits per heavy atom. The minimum atomic E-state index is -3.24. The normalized spacial score (nSPS) is 20.4. The van der Waals surface area contributed by atoms with Crippen LogP contribution >= 0.6 is 0 Å². The molecule has 0 radical (unpaired) electrons. The third-order valence-corrected chi connectivity index (χ3v) is 6.38. The fourth-order valence-corrected chi connectivity index (χ4v) is 3.79. The zero-order valence-electron chi connectivity index (χ0n) is 17.1. The molecule has 0 aliphatic carbocycles. The summed E-state index contributed by atoms with van der Waals surface area (Å²) >= 11 is 0. The van der Waals surface area contributed by atoms with E-state index in [4.69, 9.17) is 4.74 Å². The second kappa shape index (κ2) is 10.2. The van der Waals surface area contributed by atoms with Crippen molar-refractivity contribution in [2.45, 2.75) is 64.4 Å². The highest BCUT2D eigenvalue weighted by Gasteiger charge is 2.23. The molecule has 2 atom stereocenters. The largest absolute Gasteiger partial charge is 0.372 e. The van der Waals surface area contributed by atoms with Crippen molar-refractivity contribution in [2.24, 2.45) is 0 Å². The van der Waals surface area contributed by atoms with Gasteiger partial charge in [0.1, 0.15) is 5.82 Å². The Bertz CT molecular complexity index is 727. The van der Waals surface area contributed by atoms with E-state index in [1.165, 1.54) is 0 Å². The lowest BCUT2D eigenvalue weighted by Gasteiger charge is -2.36. The average Bonchev–Trinajstić information content (AvgIpc) is 2.61. The first kappa shape index (κ1) is 22.6. The Labute approximate surface area is 168 Å². The number of amides is 1. The molecule has 2 N–H and O–H groups in total. The number of unbranched alkanes of at least 4 members (excludes halogenated alkanes) is 1. The molecule has 1 fully saturated rings. The van der Waals surface area contributed by atoms with E-state index in [2.05, 4.69) is 19.9 Å². The first-order chi connectivity index (χ1) is 13.2. The first-order valence-corrected chi connectivity index (χ1v) is 11.4. The number of ether oxygens (including phenoxy) is 1. The minimum absolute atomic E-state index is 0.102. The van der Waals surface area contributed by atoms with Gasteiger partial charge in [-0.2, -0.15) is 0 Å². The number of nitrogens with zero attached hydrogens (tertiary/aromatic N) is 2. The van der Waals surface area contributed by atoms with E-state index in [1.54, 1.807) is 20.0 Å². The molecule has 1 amide bonds. The number of carbonyl (C=O) groups excluding carboxylic acids is 1. The maximum absolute atomic E-state index is 12.0. The standard InChI is InChI=1S/C19H32N4O4S/c1-14(2)28(25,26)21-10-6-5-7-19(24)22-17-8-9-18(20-11-17)23-12-15(3)27-16(4)13-23/h8-9,11,14-16,21H,5-7,10,12-13H2,1-4H3,(H,22,24)/t15-,16+. The van der Waals surface area contributed by atoms with Crippen LogP contribution in [0, 0.1) is 0 Å². The summed E-state index contributed by atoms with van der Waals surface area (Å²) in [6, 6.07) is 3.75. The number of aromatic nitrogens is 1. The Hall–Kier alpha value is -1.71. The molecule has 28 heavy (non-hydrogen) atoms. The Morgan fingerprint density at radius 3 is 2.50 bits per heavy atom. The smallest absolute Gasteiger partial charge is 0.224 e. The highest BCUT2D eigenvalue weighted by atomic mass is 32.2. The molecule has 1 aliphatic rings. The molecule has 9 heteroatoms. The summed E-state index contributed by atoms with van der Waals surface area (Å²) in [5, 5.41) is 2.38. The van der Waals surface area contributed by atoms with Crippen LogP contribution in [0.1, 0.15) is 47.0 Å². The first-order valence-electron chi connectivity index (χ1n) is 9.82. The van der Waals surface area contributed by atoms with Crippen LogP contribution in [0.15, 0.2) is 18.3 Å². The fourth-order valence-electron chi connectivity index (χ4n) is 3.03. The third-order valence-electron chi connectivity index (χ3n) is 4.53. The molecule has 1 saturated heterocycles. The van der Waals surface area contributed by atoms with Crippen LogP contribution < -0.4 is 14.9 Å². The van der Waals surface area contributed by atoms with Crippen LogP contribution in [-0.2, 0) is 19.6 Å². The molecule has 8 nitrogen and oxygen atoms in total. The zero-order chi connectivity index (χ0) is 20.7. The lowest BCUT2D eigenvalue weighted by atomic mass is 10.2. The Morgan fingerprint density at radius 1 is 1.25 bits per heavy atom. The number of hydrogen-bond acceptors (Lipinski definition) is 6. The lowest BCUT2D eigenvalue weighted by Crippen LogP contribution is -2.45. The molecular formula is C19H32N4O4S. The Balaban J connectivity index is 1.72. The number of sulfonamides is 1. The average molecular weight is 413 g/mol. The number of nitrogens with one attached hydrogen (secondary N) is 2. The van der Waals surface area contributed by atoms with Gasteiger partial charge in [-0.05, 0) is 52.7 Å². The summed E-state index contributed by atoms with van der Waals surface area (Å²) in [6.45, 7) is 9.30. The molecule has 0 saturated carbocycles. The number of pyridine rings is 1. The second-order valence-electron chi connectivity index (χ2n) is 7.56. The van der Waals surface area contributed by atoms with Crippen molar-refractivity contribution < 1.29 is 17.9 Å². The zero-order valence-corrected chi connectivity index (χ0v) is 18.0. The Kier molecular flexibility index (Phi) is 8.21. The highest BCUT2D eigenvalue weighted by Crippen LogP contribution is 2.19. The molecule has 1 aromatic heterocycles. The SMILES string of the molecule is CC(C)S(=O)(=O)NCCCCC(=O)Nc1ccc(N2C[C@@H](C)O[C@@H](C)C2)nc1. The number of morpholine rings is 1. The maximum Gasteiger partial charge on any atom is 0.224 e. The molecule has 2 heterocycles. The predicted molar refractivity (Wildman–Crippen MR) is 111 cm³/mol. The number of carbonyl (C=O) groups is 1. The lowest BCUT2D eigenvalue weighted by molar-refractivity contribution is -0.116. The monoisotopic (exact) mass is 412 g/mol. The molecule has 158 valence electrons. The summed E-state index contributed by atoms with van der Waals surface area (Å²) in [5.41, 5.74) is 0.656. The molecular weight excluding hydrogens is 380 g/mol. The van der Waals surface area contributed by atoms with Gasteiger partial charge in [-0.3, -0.25) is 4.79 Å². The van der Waals surface area contributed by atoms with Crippen molar-refractivity contribution in [3.63, 3.8) is 0 Å². The minimum Gasteiger partial charge on any atom is -0.372 e. The van der Waals surface area contributed by atoms with Crippen molar-refractivity contribution in [1.82, 2.24) is 9.71 Å². The van der Waals surface area contributed by atoms with Crippen LogP contribution in [0.25, 0.3) is 0 Å². The van der Waals surface area contributed by atoms with Gasteiger partial charge in [0, 0.05) is 26.1 Å². The van der Waals surface area contributed by atoms with E-state index in [0.29, 0.717) is 31.5 Å². The van der Waals surface area contributed by atoms with Crippen LogP contribution in [0.3, 0.4) is 0 Å². The van der Waals surface area contributed by atoms with Gasteiger partial charge >= 0.3 is 0 Å². The van der Waals surface area contributed by atoms with Gasteiger partial charge in [0.2, 0.25) is 15.9 Å². The van der Waals surface area contributed by atoms with Crippen LogP contribution in [-0.4, -0.2) is 56.4 Å². The van der Waals surface area contributed by atoms with Gasteiger partial charge in [-0.1, -0.05) is 0 Å². The van der Waals surface area contributed by atoms with E-state index in [9.17, 15) is 13.2 Å². The van der Waals surface area contributed by atoms with Crippen molar-refractivity contribution in [3.8, 4) is 0 Å². The second-order valence-corrected chi connectivity index (χ2v) is 9.88. The highest BCUT2D eigenvalue weighted by molar-refractivity contribution is 7.90. The van der Waals surface area contributed by atoms with E-state index < -0.39 is 15.3 Å². The number of hydrogen-bond donors (Lipinski definition) is 2. The molecule has 0 spiro atoms. The van der Waals surface area contributed by atoms with Gasteiger partial charge in [-0.15, -0.1) is 0 Å². The summed E-state index contributed by atoms with van der Waals surface area (Å²) < 4.78 is 31.6. The molecule has 0 bridgehead atoms. The molecule has 1 aliphatic heterocycles. The quantitative estimate of drug-likeness (QED) is 0.603. The van der Waals surface area contributed by atoms with Gasteiger partial charge in [0.25, 0.3) is 0 Å². The van der Waals surface area contributed by atoms with E-state index in [-0.39, 0.29) is 18.1 Å². The summed E-state index contributed by atoms with van der Waals surface area (Å²) in [7, 11) is -3.24. The molecule has 0 unspecified atom stereocenters. The number of rotatable bonds is 9. The van der Waals surface area contributed by atoms with Gasteiger partial charge in [0.15, 0.2) is 0 Å². The third kappa shape index (κ3) is 7.03. The summed E-state index contributed by atoms with van der Waals surface area (Å²) in [5.74, 6) is 0.771. The number of anilines is 2. The summed E-state index contributed by atoms with van der Waals surface area (Å²) in [4.78, 5) is 18.7. The van der Waals surface area contributed by atoms with Crippen LogP contribution in [0.2, 0.25) is 0 Å².